The van der Waals surface area contributed by atoms with Gasteiger partial charge in [-0.15, -0.1) is 0 Å². The second kappa shape index (κ2) is 39.4. The molecule has 0 aromatic rings. The Hall–Kier alpha value is -0.610. The van der Waals surface area contributed by atoms with E-state index in [0.29, 0.717) is 6.41 Å². The van der Waals surface area contributed by atoms with Crippen molar-refractivity contribution >= 4 is 6.41 Å². The Kier molecular flexibility index (Phi) is 40.9. The second-order valence-electron chi connectivity index (χ2n) is 12.8. The zero-order valence-corrected chi connectivity index (χ0v) is 28.5. The van der Waals surface area contributed by atoms with Gasteiger partial charge in [0.05, 0.1) is 18.8 Å². The summed E-state index contributed by atoms with van der Waals surface area (Å²) in [6, 6.07) is -0.0465. The zero-order chi connectivity index (χ0) is 30.5. The van der Waals surface area contributed by atoms with E-state index >= 15 is 0 Å². The van der Waals surface area contributed by atoms with Crippen LogP contribution in [0.3, 0.4) is 0 Å². The number of carbonyl (C=O) groups is 1. The Labute approximate surface area is 258 Å². The molecule has 1 unspecified atom stereocenters. The van der Waals surface area contributed by atoms with Crippen LogP contribution in [-0.2, 0) is 4.79 Å². The minimum Gasteiger partial charge on any atom is -0.394 e. The average molecular weight is 584 g/mol. The monoisotopic (exact) mass is 584 g/mol. The van der Waals surface area contributed by atoms with Crippen LogP contribution in [0.15, 0.2) is 0 Å². The maximum Gasteiger partial charge on any atom is 0.207 e. The molecule has 0 aromatic heterocycles. The molecule has 0 aliphatic rings. The first-order valence-electron chi connectivity index (χ1n) is 18.6. The highest BCUT2D eigenvalue weighted by molar-refractivity contribution is 5.46. The fourth-order valence-corrected chi connectivity index (χ4v) is 5.54. The van der Waals surface area contributed by atoms with E-state index in [2.05, 4.69) is 19.2 Å². The van der Waals surface area contributed by atoms with Crippen molar-refractivity contribution in [2.45, 2.75) is 226 Å². The van der Waals surface area contributed by atoms with Gasteiger partial charge >= 0.3 is 0 Å². The van der Waals surface area contributed by atoms with E-state index in [-0.39, 0.29) is 18.8 Å². The fourth-order valence-electron chi connectivity index (χ4n) is 5.54. The molecule has 0 saturated heterocycles. The van der Waals surface area contributed by atoms with E-state index in [9.17, 15) is 4.79 Å². The number of nitrogens with one attached hydrogen (secondary N) is 1. The topological polar surface area (TPSA) is 69.6 Å². The molecular weight excluding hydrogens is 506 g/mol. The minimum absolute atomic E-state index is 0.0465. The molecule has 0 bridgehead atoms. The Morgan fingerprint density at radius 2 is 0.756 bits per heavy atom. The molecule has 0 aliphatic heterocycles. The molecule has 0 spiro atoms. The van der Waals surface area contributed by atoms with Crippen molar-refractivity contribution in [3.63, 3.8) is 0 Å². The van der Waals surface area contributed by atoms with Gasteiger partial charge in [0, 0.05) is 0 Å². The van der Waals surface area contributed by atoms with Crippen molar-refractivity contribution in [3.8, 4) is 0 Å². The van der Waals surface area contributed by atoms with Crippen LogP contribution < -0.4 is 5.32 Å². The SMILES string of the molecule is CCCCCCCCCCCCCCCCC(C)O.CCCCCCCCCCCCCCCC[C@H](CO)NC=O. The van der Waals surface area contributed by atoms with Crippen LogP contribution in [0.25, 0.3) is 0 Å². The largest absolute Gasteiger partial charge is 0.394 e. The molecule has 0 rings (SSSR count). The van der Waals surface area contributed by atoms with Gasteiger partial charge in [0.25, 0.3) is 0 Å². The van der Waals surface area contributed by atoms with Crippen LogP contribution in [0.1, 0.15) is 213 Å². The van der Waals surface area contributed by atoms with Crippen molar-refractivity contribution < 1.29 is 15.0 Å². The van der Waals surface area contributed by atoms with E-state index < -0.39 is 0 Å². The van der Waals surface area contributed by atoms with Crippen LogP contribution in [-0.4, -0.2) is 35.4 Å². The lowest BCUT2D eigenvalue weighted by atomic mass is 10.0. The maximum atomic E-state index is 10.3. The van der Waals surface area contributed by atoms with E-state index in [1.807, 2.05) is 6.92 Å². The lowest BCUT2D eigenvalue weighted by molar-refractivity contribution is -0.110. The van der Waals surface area contributed by atoms with Crippen molar-refractivity contribution in [2.75, 3.05) is 6.61 Å². The molecule has 0 fully saturated rings. The summed E-state index contributed by atoms with van der Waals surface area (Å²) < 4.78 is 0. The highest BCUT2D eigenvalue weighted by Gasteiger charge is 2.04. The molecule has 3 N–H and O–H groups in total. The average Bonchev–Trinajstić information content (AvgIpc) is 2.97. The number of unbranched alkanes of at least 4 members (excludes halogenated alkanes) is 26. The van der Waals surface area contributed by atoms with Crippen molar-refractivity contribution in [1.29, 1.82) is 0 Å². The van der Waals surface area contributed by atoms with Gasteiger partial charge < -0.3 is 15.5 Å². The molecule has 1 amide bonds. The quantitative estimate of drug-likeness (QED) is 0.0531. The summed E-state index contributed by atoms with van der Waals surface area (Å²) in [7, 11) is 0. The molecule has 248 valence electrons. The molecule has 0 aromatic carbocycles. The summed E-state index contributed by atoms with van der Waals surface area (Å²) in [6.07, 6.45) is 41.1. The standard InChI is InChI=1S/C19H39NO2.C18H38O/c1-2-3-4-5-6-7-8-9-10-11-12-13-14-15-16-19(17-21)20-18-22;1-3-4-5-6-7-8-9-10-11-12-13-14-15-16-17-18(2)19/h18-19,21H,2-17H2,1H3,(H,20,22);18-19H,3-17H2,1-2H3/t19-;/m1./s1. The minimum atomic E-state index is -0.0997. The van der Waals surface area contributed by atoms with Gasteiger partial charge in [0.1, 0.15) is 0 Å². The Morgan fingerprint density at radius 1 is 0.488 bits per heavy atom. The number of aliphatic hydroxyl groups is 2. The summed E-state index contributed by atoms with van der Waals surface area (Å²) in [5.74, 6) is 0. The lowest BCUT2D eigenvalue weighted by Crippen LogP contribution is -2.31. The third kappa shape index (κ3) is 41.6. The van der Waals surface area contributed by atoms with Crippen LogP contribution in [0, 0.1) is 0 Å². The number of carbonyl (C=O) groups excluding carboxylic acids is 1. The predicted molar refractivity (Wildman–Crippen MR) is 182 cm³/mol. The van der Waals surface area contributed by atoms with Gasteiger partial charge in [-0.25, -0.2) is 0 Å². The first-order chi connectivity index (χ1) is 20.1. The number of amides is 1. The molecule has 4 nitrogen and oxygen atoms in total. The number of hydrogen-bond acceptors (Lipinski definition) is 3. The van der Waals surface area contributed by atoms with Crippen LogP contribution in [0.2, 0.25) is 0 Å². The van der Waals surface area contributed by atoms with Gasteiger partial charge in [-0.1, -0.05) is 194 Å². The zero-order valence-electron chi connectivity index (χ0n) is 28.5. The maximum absolute atomic E-state index is 10.3. The van der Waals surface area contributed by atoms with E-state index in [0.717, 1.165) is 19.3 Å². The lowest BCUT2D eigenvalue weighted by Gasteiger charge is -2.12. The molecule has 4 heteroatoms. The first-order valence-corrected chi connectivity index (χ1v) is 18.6. The van der Waals surface area contributed by atoms with Crippen molar-refractivity contribution in [3.05, 3.63) is 0 Å². The second-order valence-corrected chi connectivity index (χ2v) is 12.8. The Balaban J connectivity index is 0. The third-order valence-electron chi connectivity index (χ3n) is 8.41. The van der Waals surface area contributed by atoms with Crippen LogP contribution >= 0.6 is 0 Å². The number of rotatable bonds is 33. The number of aliphatic hydroxyl groups excluding tert-OH is 2. The normalized spacial score (nSPS) is 12.5. The van der Waals surface area contributed by atoms with Crippen molar-refractivity contribution in [1.82, 2.24) is 5.32 Å². The Bertz CT molecular complexity index is 457. The van der Waals surface area contributed by atoms with Gasteiger partial charge in [0.15, 0.2) is 0 Å². The highest BCUT2D eigenvalue weighted by atomic mass is 16.3. The van der Waals surface area contributed by atoms with Gasteiger partial charge in [-0.2, -0.15) is 0 Å². The van der Waals surface area contributed by atoms with Gasteiger partial charge in [-0.05, 0) is 19.8 Å². The molecule has 0 heterocycles. The summed E-state index contributed by atoms with van der Waals surface area (Å²) in [6.45, 7) is 6.50. The molecule has 0 saturated carbocycles. The molecule has 2 atom stereocenters. The van der Waals surface area contributed by atoms with Crippen LogP contribution in [0.4, 0.5) is 0 Å². The summed E-state index contributed by atoms with van der Waals surface area (Å²) in [5, 5.41) is 20.8. The van der Waals surface area contributed by atoms with E-state index in [4.69, 9.17) is 10.2 Å². The highest BCUT2D eigenvalue weighted by Crippen LogP contribution is 2.15. The molecule has 0 aliphatic carbocycles. The smallest absolute Gasteiger partial charge is 0.207 e. The first kappa shape index (κ1) is 42.5. The van der Waals surface area contributed by atoms with Crippen molar-refractivity contribution in [2.24, 2.45) is 0 Å². The predicted octanol–water partition coefficient (Wildman–Crippen LogP) is 11.2. The fraction of sp³-hybridized carbons (Fsp3) is 0.973. The van der Waals surface area contributed by atoms with Gasteiger partial charge in [0.2, 0.25) is 6.41 Å². The Morgan fingerprint density at radius 3 is 1.00 bits per heavy atom. The van der Waals surface area contributed by atoms with E-state index in [1.54, 1.807) is 0 Å². The number of hydrogen-bond donors (Lipinski definition) is 3. The summed E-state index contributed by atoms with van der Waals surface area (Å²) in [5.41, 5.74) is 0. The molecule has 41 heavy (non-hydrogen) atoms. The summed E-state index contributed by atoms with van der Waals surface area (Å²) in [4.78, 5) is 10.3. The third-order valence-corrected chi connectivity index (χ3v) is 8.41. The summed E-state index contributed by atoms with van der Waals surface area (Å²) >= 11 is 0. The van der Waals surface area contributed by atoms with E-state index in [1.165, 1.54) is 173 Å². The molecular formula is C37H77NO3. The van der Waals surface area contributed by atoms with Crippen LogP contribution in [0.5, 0.6) is 0 Å². The molecule has 0 radical (unpaired) electrons. The van der Waals surface area contributed by atoms with Gasteiger partial charge in [-0.3, -0.25) is 4.79 Å².